The third-order valence-electron chi connectivity index (χ3n) is 4.01. The summed E-state index contributed by atoms with van der Waals surface area (Å²) in [6, 6.07) is 13.0. The Hall–Kier alpha value is -2.52. The minimum atomic E-state index is -3.34. The normalized spacial score (nSPS) is 11.6. The average molecular weight is 436 g/mol. The van der Waals surface area contributed by atoms with E-state index in [1.54, 1.807) is 43.3 Å². The standard InChI is InChI=1S/C20H25N3O4S2/c1-5-29(26,27)23-16-10-12-17(13-11-16)28-22-19(25)21-18(24)14-6-8-15(9-7-14)20(2,3)4/h6-13,23H,5H2,1-4H3,(H2,21,22,24,25). The first-order valence-electron chi connectivity index (χ1n) is 8.99. The van der Waals surface area contributed by atoms with E-state index in [0.29, 0.717) is 16.1 Å². The van der Waals surface area contributed by atoms with Crippen LogP contribution >= 0.6 is 11.9 Å². The van der Waals surface area contributed by atoms with Crippen LogP contribution in [-0.2, 0) is 15.4 Å². The van der Waals surface area contributed by atoms with Crippen molar-refractivity contribution in [3.63, 3.8) is 0 Å². The summed E-state index contributed by atoms with van der Waals surface area (Å²) in [6.07, 6.45) is 0. The van der Waals surface area contributed by atoms with Gasteiger partial charge in [-0.25, -0.2) is 13.2 Å². The first-order valence-corrected chi connectivity index (χ1v) is 11.5. The van der Waals surface area contributed by atoms with E-state index in [1.165, 1.54) is 0 Å². The van der Waals surface area contributed by atoms with Crippen molar-refractivity contribution in [2.45, 2.75) is 38.0 Å². The second kappa shape index (κ2) is 9.32. The highest BCUT2D eigenvalue weighted by Gasteiger charge is 2.15. The number of urea groups is 1. The molecule has 0 aliphatic rings. The van der Waals surface area contributed by atoms with Gasteiger partial charge in [-0.05, 0) is 66.2 Å². The maximum absolute atomic E-state index is 12.2. The summed E-state index contributed by atoms with van der Waals surface area (Å²) in [5.41, 5.74) is 1.91. The van der Waals surface area contributed by atoms with Crippen LogP contribution in [0.1, 0.15) is 43.6 Å². The van der Waals surface area contributed by atoms with Crippen LogP contribution in [0.25, 0.3) is 0 Å². The monoisotopic (exact) mass is 435 g/mol. The molecule has 0 heterocycles. The van der Waals surface area contributed by atoms with E-state index in [0.717, 1.165) is 17.5 Å². The van der Waals surface area contributed by atoms with Gasteiger partial charge >= 0.3 is 6.03 Å². The Labute approximate surface area is 175 Å². The van der Waals surface area contributed by atoms with Crippen LogP contribution < -0.4 is 14.8 Å². The van der Waals surface area contributed by atoms with Gasteiger partial charge in [0.15, 0.2) is 0 Å². The Morgan fingerprint density at radius 1 is 0.966 bits per heavy atom. The molecule has 0 atom stereocenters. The molecule has 0 aromatic heterocycles. The molecular weight excluding hydrogens is 410 g/mol. The zero-order valence-corrected chi connectivity index (χ0v) is 18.4. The molecule has 3 N–H and O–H groups in total. The molecule has 0 unspecified atom stereocenters. The summed E-state index contributed by atoms with van der Waals surface area (Å²) < 4.78 is 28.0. The Morgan fingerprint density at radius 2 is 1.55 bits per heavy atom. The second-order valence-electron chi connectivity index (χ2n) is 7.34. The van der Waals surface area contributed by atoms with Crippen molar-refractivity contribution in [2.75, 3.05) is 10.5 Å². The summed E-state index contributed by atoms with van der Waals surface area (Å²) in [4.78, 5) is 24.8. The van der Waals surface area contributed by atoms with E-state index in [4.69, 9.17) is 0 Å². The molecule has 0 spiro atoms. The molecule has 0 radical (unpaired) electrons. The maximum Gasteiger partial charge on any atom is 0.331 e. The Morgan fingerprint density at radius 3 is 2.07 bits per heavy atom. The van der Waals surface area contributed by atoms with Crippen LogP contribution in [0.5, 0.6) is 0 Å². The van der Waals surface area contributed by atoms with Crippen molar-refractivity contribution < 1.29 is 18.0 Å². The fourth-order valence-corrected chi connectivity index (χ4v) is 3.44. The zero-order chi connectivity index (χ0) is 21.7. The summed E-state index contributed by atoms with van der Waals surface area (Å²) in [7, 11) is -3.34. The number of sulfonamides is 1. The minimum Gasteiger partial charge on any atom is -0.284 e. The summed E-state index contributed by atoms with van der Waals surface area (Å²) in [5.74, 6) is -0.508. The van der Waals surface area contributed by atoms with E-state index in [1.807, 2.05) is 12.1 Å². The summed E-state index contributed by atoms with van der Waals surface area (Å²) in [6.45, 7) is 7.80. The van der Waals surface area contributed by atoms with Crippen LogP contribution in [-0.4, -0.2) is 26.1 Å². The SMILES string of the molecule is CCS(=O)(=O)Nc1ccc(SNC(=O)NC(=O)c2ccc(C(C)(C)C)cc2)cc1. The molecule has 0 fully saturated rings. The number of rotatable bonds is 6. The molecule has 7 nitrogen and oxygen atoms in total. The van der Waals surface area contributed by atoms with E-state index in [-0.39, 0.29) is 11.2 Å². The van der Waals surface area contributed by atoms with E-state index in [2.05, 4.69) is 35.5 Å². The molecule has 0 bridgehead atoms. The number of hydrogen-bond acceptors (Lipinski definition) is 5. The quantitative estimate of drug-likeness (QED) is 0.597. The highest BCUT2D eigenvalue weighted by atomic mass is 32.2. The number of imide groups is 1. The highest BCUT2D eigenvalue weighted by molar-refractivity contribution is 7.98. The van der Waals surface area contributed by atoms with Crippen LogP contribution in [0.4, 0.5) is 10.5 Å². The topological polar surface area (TPSA) is 104 Å². The third kappa shape index (κ3) is 7.10. The second-order valence-corrected chi connectivity index (χ2v) is 10.2. The maximum atomic E-state index is 12.2. The lowest BCUT2D eigenvalue weighted by Gasteiger charge is -2.19. The Balaban J connectivity index is 1.87. The lowest BCUT2D eigenvalue weighted by Crippen LogP contribution is -2.36. The number of anilines is 1. The number of carbonyl (C=O) groups is 2. The van der Waals surface area contributed by atoms with Crippen molar-refractivity contribution >= 4 is 39.6 Å². The van der Waals surface area contributed by atoms with Crippen LogP contribution in [0, 0.1) is 0 Å². The van der Waals surface area contributed by atoms with Crippen molar-refractivity contribution in [3.8, 4) is 0 Å². The molecule has 2 aromatic rings. The number of nitrogens with one attached hydrogen (secondary N) is 3. The molecule has 29 heavy (non-hydrogen) atoms. The van der Waals surface area contributed by atoms with Crippen molar-refractivity contribution in [2.24, 2.45) is 0 Å². The number of amides is 3. The number of benzene rings is 2. The minimum absolute atomic E-state index is 0.0157. The molecule has 3 amide bonds. The lowest BCUT2D eigenvalue weighted by atomic mass is 9.87. The smallest absolute Gasteiger partial charge is 0.284 e. The van der Waals surface area contributed by atoms with Crippen molar-refractivity contribution in [3.05, 3.63) is 59.7 Å². The van der Waals surface area contributed by atoms with Gasteiger partial charge < -0.3 is 0 Å². The third-order valence-corrected chi connectivity index (χ3v) is 6.11. The van der Waals surface area contributed by atoms with Crippen LogP contribution in [0.2, 0.25) is 0 Å². The predicted molar refractivity (Wildman–Crippen MR) is 117 cm³/mol. The molecular formula is C20H25N3O4S2. The first-order chi connectivity index (χ1) is 13.5. The summed E-state index contributed by atoms with van der Waals surface area (Å²) in [5, 5.41) is 2.27. The molecule has 0 saturated heterocycles. The van der Waals surface area contributed by atoms with Gasteiger partial charge in [-0.3, -0.25) is 19.6 Å². The molecule has 156 valence electrons. The lowest BCUT2D eigenvalue weighted by molar-refractivity contribution is 0.0965. The van der Waals surface area contributed by atoms with Gasteiger partial charge in [-0.1, -0.05) is 32.9 Å². The van der Waals surface area contributed by atoms with Gasteiger partial charge in [-0.2, -0.15) is 0 Å². The fraction of sp³-hybridized carbons (Fsp3) is 0.300. The Bertz CT molecular complexity index is 964. The summed E-state index contributed by atoms with van der Waals surface area (Å²) >= 11 is 1.01. The fourth-order valence-electron chi connectivity index (χ4n) is 2.27. The molecule has 0 aliphatic heterocycles. The van der Waals surface area contributed by atoms with Gasteiger partial charge in [0, 0.05) is 16.1 Å². The highest BCUT2D eigenvalue weighted by Crippen LogP contribution is 2.22. The molecule has 0 aliphatic carbocycles. The van der Waals surface area contributed by atoms with Crippen molar-refractivity contribution in [1.82, 2.24) is 10.0 Å². The van der Waals surface area contributed by atoms with Gasteiger partial charge in [0.25, 0.3) is 5.91 Å². The van der Waals surface area contributed by atoms with E-state index >= 15 is 0 Å². The van der Waals surface area contributed by atoms with Gasteiger partial charge in [0.1, 0.15) is 0 Å². The molecule has 2 aromatic carbocycles. The molecule has 9 heteroatoms. The number of hydrogen-bond donors (Lipinski definition) is 3. The molecule has 0 saturated carbocycles. The predicted octanol–water partition coefficient (Wildman–Crippen LogP) is 3.89. The van der Waals surface area contributed by atoms with Gasteiger partial charge in [0.2, 0.25) is 10.0 Å². The van der Waals surface area contributed by atoms with E-state index in [9.17, 15) is 18.0 Å². The van der Waals surface area contributed by atoms with Crippen LogP contribution in [0.3, 0.4) is 0 Å². The largest absolute Gasteiger partial charge is 0.331 e. The van der Waals surface area contributed by atoms with Crippen molar-refractivity contribution in [1.29, 1.82) is 0 Å². The van der Waals surface area contributed by atoms with Crippen LogP contribution in [0.15, 0.2) is 53.4 Å². The molecule has 2 rings (SSSR count). The average Bonchev–Trinajstić information content (AvgIpc) is 2.66. The zero-order valence-electron chi connectivity index (χ0n) is 16.8. The Kier molecular flexibility index (Phi) is 7.32. The van der Waals surface area contributed by atoms with Gasteiger partial charge in [-0.15, -0.1) is 0 Å². The van der Waals surface area contributed by atoms with E-state index < -0.39 is 22.0 Å². The van der Waals surface area contributed by atoms with Gasteiger partial charge in [0.05, 0.1) is 5.75 Å². The first kappa shape index (κ1) is 22.8. The number of carbonyl (C=O) groups excluding carboxylic acids is 2.